The lowest BCUT2D eigenvalue weighted by molar-refractivity contribution is -0.121. The molecule has 0 aliphatic carbocycles. The Hall–Kier alpha value is -2.35. The molecule has 0 spiro atoms. The Kier molecular flexibility index (Phi) is 4.79. The van der Waals surface area contributed by atoms with E-state index < -0.39 is 11.8 Å². The van der Waals surface area contributed by atoms with Crippen LogP contribution in [0.1, 0.15) is 26.3 Å². The molecule has 3 rings (SSSR count). The first-order valence-corrected chi connectivity index (χ1v) is 8.86. The third kappa shape index (κ3) is 3.75. The summed E-state index contributed by atoms with van der Waals surface area (Å²) in [6, 6.07) is 1.27. The van der Waals surface area contributed by atoms with Gasteiger partial charge in [0.1, 0.15) is 5.92 Å². The number of carbonyl (C=O) groups excluding carboxylic acids is 2. The number of amides is 3. The van der Waals surface area contributed by atoms with E-state index in [1.807, 2.05) is 25.8 Å². The van der Waals surface area contributed by atoms with Crippen LogP contribution in [0.3, 0.4) is 0 Å². The molecule has 140 valence electrons. The first-order chi connectivity index (χ1) is 12.2. The molecule has 2 unspecified atom stereocenters. The number of urea groups is 1. The van der Waals surface area contributed by atoms with Crippen molar-refractivity contribution in [3.8, 4) is 0 Å². The van der Waals surface area contributed by atoms with E-state index in [4.69, 9.17) is 17.3 Å². The monoisotopic (exact) mass is 378 g/mol. The molecule has 2 aliphatic rings. The summed E-state index contributed by atoms with van der Waals surface area (Å²) in [5.41, 5.74) is 6.56. The molecule has 1 aromatic rings. The summed E-state index contributed by atoms with van der Waals surface area (Å²) >= 11 is 6.02. The van der Waals surface area contributed by atoms with Gasteiger partial charge in [0.25, 0.3) is 0 Å². The van der Waals surface area contributed by atoms with Crippen molar-refractivity contribution >= 4 is 29.3 Å². The Balaban J connectivity index is 1.83. The number of carbonyl (C=O) groups is 2. The highest BCUT2D eigenvalue weighted by molar-refractivity contribution is 6.31. The van der Waals surface area contributed by atoms with Crippen LogP contribution in [-0.4, -0.2) is 63.8 Å². The third-order valence-corrected chi connectivity index (χ3v) is 4.59. The molecule has 0 aromatic carbocycles. The van der Waals surface area contributed by atoms with Gasteiger partial charge in [-0.1, -0.05) is 11.6 Å². The Morgan fingerprint density at radius 1 is 1.31 bits per heavy atom. The van der Waals surface area contributed by atoms with Gasteiger partial charge < -0.3 is 16.0 Å². The quantitative estimate of drug-likeness (QED) is 0.802. The molecule has 9 heteroatoms. The number of nitrogens with one attached hydrogen (secondary N) is 1. The van der Waals surface area contributed by atoms with E-state index in [0.717, 1.165) is 0 Å². The van der Waals surface area contributed by atoms with E-state index >= 15 is 0 Å². The van der Waals surface area contributed by atoms with Gasteiger partial charge in [-0.05, 0) is 26.8 Å². The number of aromatic nitrogens is 1. The molecule has 3 heterocycles. The van der Waals surface area contributed by atoms with Crippen LogP contribution in [0.5, 0.6) is 0 Å². The number of hydrogen-bond acceptors (Lipinski definition) is 5. The van der Waals surface area contributed by atoms with Gasteiger partial charge >= 0.3 is 6.03 Å². The van der Waals surface area contributed by atoms with Gasteiger partial charge in [0.2, 0.25) is 5.91 Å². The highest BCUT2D eigenvalue weighted by Crippen LogP contribution is 2.29. The number of hydrazone groups is 1. The van der Waals surface area contributed by atoms with Gasteiger partial charge in [0.15, 0.2) is 0 Å². The minimum Gasteiger partial charge on any atom is -0.369 e. The fourth-order valence-electron chi connectivity index (χ4n) is 3.28. The fraction of sp³-hybridized carbons (Fsp3) is 0.529. The summed E-state index contributed by atoms with van der Waals surface area (Å²) in [5.74, 6) is -1.10. The zero-order valence-electron chi connectivity index (χ0n) is 15.1. The first kappa shape index (κ1) is 18.4. The molecular weight excluding hydrogens is 356 g/mol. The second-order valence-corrected chi connectivity index (χ2v) is 8.05. The molecule has 1 aromatic heterocycles. The van der Waals surface area contributed by atoms with E-state index in [0.29, 0.717) is 35.9 Å². The molecule has 3 N–H and O–H groups in total. The minimum atomic E-state index is -0.625. The SMILES string of the molecule is CC(C)(C)NC(=O)N1CCN2N=C(c3cncc(Cl)c3)C(C(N)=O)C2C1. The molecule has 3 amide bonds. The Labute approximate surface area is 157 Å². The molecule has 26 heavy (non-hydrogen) atoms. The number of primary amides is 1. The fourth-order valence-corrected chi connectivity index (χ4v) is 3.46. The Morgan fingerprint density at radius 2 is 2.04 bits per heavy atom. The summed E-state index contributed by atoms with van der Waals surface area (Å²) in [5, 5.41) is 9.84. The maximum atomic E-state index is 12.5. The number of nitrogens with two attached hydrogens (primary N) is 1. The van der Waals surface area contributed by atoms with Crippen LogP contribution < -0.4 is 11.1 Å². The lowest BCUT2D eigenvalue weighted by Crippen LogP contribution is -2.59. The molecule has 0 radical (unpaired) electrons. The van der Waals surface area contributed by atoms with Crippen LogP contribution in [0.25, 0.3) is 0 Å². The van der Waals surface area contributed by atoms with Crippen molar-refractivity contribution in [3.05, 3.63) is 29.0 Å². The van der Waals surface area contributed by atoms with Crippen molar-refractivity contribution < 1.29 is 9.59 Å². The average Bonchev–Trinajstić information content (AvgIpc) is 2.91. The number of pyridine rings is 1. The second kappa shape index (κ2) is 6.75. The van der Waals surface area contributed by atoms with Gasteiger partial charge in [-0.2, -0.15) is 5.10 Å². The predicted molar refractivity (Wildman–Crippen MR) is 98.8 cm³/mol. The predicted octanol–water partition coefficient (Wildman–Crippen LogP) is 1.05. The second-order valence-electron chi connectivity index (χ2n) is 7.61. The van der Waals surface area contributed by atoms with E-state index in [1.54, 1.807) is 17.2 Å². The summed E-state index contributed by atoms with van der Waals surface area (Å²) in [6.45, 7) is 7.21. The van der Waals surface area contributed by atoms with Crippen molar-refractivity contribution in [3.63, 3.8) is 0 Å². The zero-order chi connectivity index (χ0) is 19.1. The van der Waals surface area contributed by atoms with Crippen LogP contribution in [0.15, 0.2) is 23.6 Å². The Morgan fingerprint density at radius 3 is 2.65 bits per heavy atom. The summed E-state index contributed by atoms with van der Waals surface area (Å²) in [7, 11) is 0. The van der Waals surface area contributed by atoms with Crippen LogP contribution in [0.2, 0.25) is 5.02 Å². The topological polar surface area (TPSA) is 104 Å². The lowest BCUT2D eigenvalue weighted by atomic mass is 9.90. The molecule has 1 saturated heterocycles. The van der Waals surface area contributed by atoms with Crippen LogP contribution in [0, 0.1) is 5.92 Å². The van der Waals surface area contributed by atoms with Gasteiger partial charge in [0.05, 0.1) is 23.3 Å². The van der Waals surface area contributed by atoms with Crippen molar-refractivity contribution in [2.75, 3.05) is 19.6 Å². The number of halogens is 1. The van der Waals surface area contributed by atoms with E-state index in [-0.39, 0.29) is 17.6 Å². The summed E-state index contributed by atoms with van der Waals surface area (Å²) < 4.78 is 0. The normalized spacial score (nSPS) is 22.7. The number of hydrogen-bond donors (Lipinski definition) is 2. The van der Waals surface area contributed by atoms with Crippen molar-refractivity contribution in [2.24, 2.45) is 16.8 Å². The summed E-state index contributed by atoms with van der Waals surface area (Å²) in [4.78, 5) is 30.4. The minimum absolute atomic E-state index is 0.154. The smallest absolute Gasteiger partial charge is 0.317 e. The number of rotatable bonds is 2. The third-order valence-electron chi connectivity index (χ3n) is 4.38. The van der Waals surface area contributed by atoms with Gasteiger partial charge in [0, 0.05) is 36.6 Å². The van der Waals surface area contributed by atoms with Crippen molar-refractivity contribution in [1.29, 1.82) is 0 Å². The lowest BCUT2D eigenvalue weighted by Gasteiger charge is -2.39. The maximum Gasteiger partial charge on any atom is 0.317 e. The van der Waals surface area contributed by atoms with Gasteiger partial charge in [-0.3, -0.25) is 14.8 Å². The average molecular weight is 379 g/mol. The van der Waals surface area contributed by atoms with Crippen LogP contribution in [0.4, 0.5) is 4.79 Å². The van der Waals surface area contributed by atoms with E-state index in [9.17, 15) is 9.59 Å². The summed E-state index contributed by atoms with van der Waals surface area (Å²) in [6.07, 6.45) is 3.13. The highest BCUT2D eigenvalue weighted by Gasteiger charge is 2.45. The van der Waals surface area contributed by atoms with Crippen molar-refractivity contribution in [2.45, 2.75) is 32.4 Å². The number of fused-ring (bicyclic) bond motifs is 1. The molecule has 8 nitrogen and oxygen atoms in total. The number of nitrogens with zero attached hydrogens (tertiary/aromatic N) is 4. The first-order valence-electron chi connectivity index (χ1n) is 8.48. The largest absolute Gasteiger partial charge is 0.369 e. The molecule has 1 fully saturated rings. The van der Waals surface area contributed by atoms with Crippen LogP contribution in [-0.2, 0) is 4.79 Å². The maximum absolute atomic E-state index is 12.5. The molecule has 2 aliphatic heterocycles. The molecule has 0 bridgehead atoms. The molecular formula is C17H23ClN6O2. The van der Waals surface area contributed by atoms with Crippen molar-refractivity contribution in [1.82, 2.24) is 20.2 Å². The van der Waals surface area contributed by atoms with E-state index in [1.165, 1.54) is 6.20 Å². The molecule has 0 saturated carbocycles. The number of piperazine rings is 1. The van der Waals surface area contributed by atoms with Gasteiger partial charge in [-0.25, -0.2) is 4.79 Å². The highest BCUT2D eigenvalue weighted by atomic mass is 35.5. The van der Waals surface area contributed by atoms with Crippen LogP contribution >= 0.6 is 11.6 Å². The van der Waals surface area contributed by atoms with E-state index in [2.05, 4.69) is 15.4 Å². The molecule has 2 atom stereocenters. The zero-order valence-corrected chi connectivity index (χ0v) is 15.8. The van der Waals surface area contributed by atoms with Gasteiger partial charge in [-0.15, -0.1) is 0 Å². The Bertz CT molecular complexity index is 760. The standard InChI is InChI=1S/C17H23ClN6O2/c1-17(2,3)21-16(26)23-4-5-24-12(9-23)13(15(19)25)14(22-24)10-6-11(18)8-20-7-10/h6-8,12-13H,4-5,9H2,1-3H3,(H2,19,25)(H,21,26).